The van der Waals surface area contributed by atoms with Gasteiger partial charge in [-0.1, -0.05) is 6.07 Å². The fourth-order valence-corrected chi connectivity index (χ4v) is 2.43. The van der Waals surface area contributed by atoms with Gasteiger partial charge in [0, 0.05) is 12.5 Å². The molecule has 0 aliphatic rings. The number of nitrogens with one attached hydrogen (secondary N) is 1. The number of ether oxygens (including phenoxy) is 1. The molecule has 1 aromatic heterocycles. The molecule has 1 N–H and O–H groups in total. The van der Waals surface area contributed by atoms with Gasteiger partial charge in [-0.3, -0.25) is 9.00 Å². The number of hydrogen-bond acceptors (Lipinski definition) is 4. The number of anilines is 1. The molecule has 1 atom stereocenters. The Bertz CT molecular complexity index is 679. The predicted octanol–water partition coefficient (Wildman–Crippen LogP) is 2.45. The number of amides is 1. The molecule has 5 nitrogen and oxygen atoms in total. The number of rotatable bonds is 5. The van der Waals surface area contributed by atoms with E-state index >= 15 is 0 Å². The maximum atomic E-state index is 11.8. The van der Waals surface area contributed by atoms with Gasteiger partial charge in [0.1, 0.15) is 11.6 Å². The minimum Gasteiger partial charge on any atom is -0.484 e. The summed E-state index contributed by atoms with van der Waals surface area (Å²) >= 11 is 0. The van der Waals surface area contributed by atoms with Gasteiger partial charge in [-0.05, 0) is 49.2 Å². The lowest BCUT2D eigenvalue weighted by Crippen LogP contribution is -2.20. The molecule has 2 aromatic rings. The number of aryl methyl sites for hydroxylation is 2. The summed E-state index contributed by atoms with van der Waals surface area (Å²) in [6, 6.07) is 9.08. The zero-order valence-electron chi connectivity index (χ0n) is 12.8. The molecule has 1 heterocycles. The molecule has 22 heavy (non-hydrogen) atoms. The molecule has 6 heteroatoms. The zero-order valence-corrected chi connectivity index (χ0v) is 13.6. The number of pyridine rings is 1. The van der Waals surface area contributed by atoms with Gasteiger partial charge in [-0.2, -0.15) is 0 Å². The molecule has 0 saturated heterocycles. The second-order valence-electron chi connectivity index (χ2n) is 4.99. The molecule has 116 valence electrons. The predicted molar refractivity (Wildman–Crippen MR) is 86.6 cm³/mol. The average molecular weight is 318 g/mol. The van der Waals surface area contributed by atoms with E-state index in [1.165, 1.54) is 6.20 Å². The Kier molecular flexibility index (Phi) is 5.27. The summed E-state index contributed by atoms with van der Waals surface area (Å²) < 4.78 is 16.7. The summed E-state index contributed by atoms with van der Waals surface area (Å²) in [5.74, 6) is 0.776. The smallest absolute Gasteiger partial charge is 0.263 e. The van der Waals surface area contributed by atoms with Crippen LogP contribution in [0.3, 0.4) is 0 Å². The molecule has 0 bridgehead atoms. The van der Waals surface area contributed by atoms with Gasteiger partial charge in [-0.15, -0.1) is 0 Å². The van der Waals surface area contributed by atoms with E-state index in [4.69, 9.17) is 4.74 Å². The van der Waals surface area contributed by atoms with Crippen LogP contribution in [0.4, 0.5) is 5.82 Å². The van der Waals surface area contributed by atoms with Crippen molar-refractivity contribution in [3.05, 3.63) is 47.7 Å². The van der Waals surface area contributed by atoms with Crippen molar-refractivity contribution in [2.45, 2.75) is 18.7 Å². The largest absolute Gasteiger partial charge is 0.484 e. The first kappa shape index (κ1) is 16.2. The third-order valence-corrected chi connectivity index (χ3v) is 3.81. The van der Waals surface area contributed by atoms with Gasteiger partial charge in [0.25, 0.3) is 5.91 Å². The lowest BCUT2D eigenvalue weighted by Gasteiger charge is -2.09. The quantitative estimate of drug-likeness (QED) is 0.919. The van der Waals surface area contributed by atoms with Crippen molar-refractivity contribution in [1.82, 2.24) is 4.98 Å². The van der Waals surface area contributed by atoms with Crippen LogP contribution in [0.5, 0.6) is 5.75 Å². The van der Waals surface area contributed by atoms with E-state index in [2.05, 4.69) is 10.3 Å². The monoisotopic (exact) mass is 318 g/mol. The van der Waals surface area contributed by atoms with Crippen LogP contribution in [0.15, 0.2) is 41.4 Å². The van der Waals surface area contributed by atoms with E-state index in [-0.39, 0.29) is 12.5 Å². The Labute approximate surface area is 132 Å². The van der Waals surface area contributed by atoms with Gasteiger partial charge in [0.15, 0.2) is 6.61 Å². The summed E-state index contributed by atoms with van der Waals surface area (Å²) in [6.45, 7) is 3.86. The molecule has 0 fully saturated rings. The van der Waals surface area contributed by atoms with E-state index in [9.17, 15) is 9.00 Å². The topological polar surface area (TPSA) is 68.3 Å². The number of carbonyl (C=O) groups is 1. The maximum absolute atomic E-state index is 11.8. The number of aromatic nitrogens is 1. The fraction of sp³-hybridized carbons (Fsp3) is 0.250. The first-order valence-corrected chi connectivity index (χ1v) is 8.30. The van der Waals surface area contributed by atoms with Crippen molar-refractivity contribution < 1.29 is 13.7 Å². The van der Waals surface area contributed by atoms with Crippen LogP contribution in [0.1, 0.15) is 11.1 Å². The van der Waals surface area contributed by atoms with E-state index in [1.54, 1.807) is 18.4 Å². The highest BCUT2D eigenvalue weighted by molar-refractivity contribution is 7.84. The van der Waals surface area contributed by atoms with Crippen LogP contribution < -0.4 is 10.1 Å². The van der Waals surface area contributed by atoms with Crippen LogP contribution in [-0.2, 0) is 15.6 Å². The third-order valence-electron chi connectivity index (χ3n) is 2.90. The Balaban J connectivity index is 1.91. The molecule has 0 radical (unpaired) electrons. The molecule has 1 unspecified atom stereocenters. The van der Waals surface area contributed by atoms with E-state index in [1.807, 2.05) is 32.0 Å². The lowest BCUT2D eigenvalue weighted by molar-refractivity contribution is -0.118. The van der Waals surface area contributed by atoms with Crippen LogP contribution in [0, 0.1) is 13.8 Å². The Hall–Kier alpha value is -2.21. The van der Waals surface area contributed by atoms with Gasteiger partial charge in [0.05, 0.1) is 15.7 Å². The van der Waals surface area contributed by atoms with Crippen LogP contribution in [0.25, 0.3) is 0 Å². The van der Waals surface area contributed by atoms with Crippen molar-refractivity contribution in [1.29, 1.82) is 0 Å². The molecule has 0 aliphatic heterocycles. The minimum atomic E-state index is -1.08. The molecular formula is C16H18N2O3S. The summed E-state index contributed by atoms with van der Waals surface area (Å²) in [6.07, 6.45) is 3.06. The fourth-order valence-electron chi connectivity index (χ4n) is 1.97. The highest BCUT2D eigenvalue weighted by atomic mass is 32.2. The van der Waals surface area contributed by atoms with Gasteiger partial charge in [-0.25, -0.2) is 4.98 Å². The maximum Gasteiger partial charge on any atom is 0.263 e. The third kappa shape index (κ3) is 4.66. The Morgan fingerprint density at radius 2 is 1.91 bits per heavy atom. The molecule has 1 amide bonds. The zero-order chi connectivity index (χ0) is 16.1. The van der Waals surface area contributed by atoms with Gasteiger partial charge < -0.3 is 10.1 Å². The van der Waals surface area contributed by atoms with E-state index in [0.29, 0.717) is 16.5 Å². The molecule has 0 spiro atoms. The van der Waals surface area contributed by atoms with Crippen molar-refractivity contribution in [2.75, 3.05) is 18.2 Å². The second-order valence-corrected chi connectivity index (χ2v) is 6.37. The second kappa shape index (κ2) is 7.17. The highest BCUT2D eigenvalue weighted by Gasteiger charge is 2.06. The van der Waals surface area contributed by atoms with E-state index < -0.39 is 10.8 Å². The molecular weight excluding hydrogens is 300 g/mol. The molecule has 2 rings (SSSR count). The van der Waals surface area contributed by atoms with E-state index in [0.717, 1.165) is 11.1 Å². The summed E-state index contributed by atoms with van der Waals surface area (Å²) in [4.78, 5) is 16.5. The molecule has 0 saturated carbocycles. The number of carbonyl (C=O) groups excluding carboxylic acids is 1. The molecule has 1 aromatic carbocycles. The van der Waals surface area contributed by atoms with Crippen molar-refractivity contribution in [3.8, 4) is 5.75 Å². The molecule has 0 aliphatic carbocycles. The van der Waals surface area contributed by atoms with Gasteiger partial charge >= 0.3 is 0 Å². The standard InChI is InChI=1S/C16H18N2O3S/c1-11-6-12(2)8-13(7-11)21-10-16(19)18-15-5-4-14(9-17-15)22(3)20/h4-9H,10H2,1-3H3,(H,17,18,19). The van der Waals surface area contributed by atoms with Gasteiger partial charge in [0.2, 0.25) is 0 Å². The normalized spacial score (nSPS) is 11.8. The van der Waals surface area contributed by atoms with Crippen LogP contribution in [-0.4, -0.2) is 28.0 Å². The van der Waals surface area contributed by atoms with Crippen LogP contribution >= 0.6 is 0 Å². The summed E-state index contributed by atoms with van der Waals surface area (Å²) in [5, 5.41) is 2.63. The van der Waals surface area contributed by atoms with Crippen molar-refractivity contribution in [3.63, 3.8) is 0 Å². The minimum absolute atomic E-state index is 0.0912. The lowest BCUT2D eigenvalue weighted by atomic mass is 10.1. The van der Waals surface area contributed by atoms with Crippen molar-refractivity contribution in [2.24, 2.45) is 0 Å². The van der Waals surface area contributed by atoms with Crippen molar-refractivity contribution >= 4 is 22.5 Å². The first-order chi connectivity index (χ1) is 10.4. The highest BCUT2D eigenvalue weighted by Crippen LogP contribution is 2.16. The number of nitrogens with zero attached hydrogens (tertiary/aromatic N) is 1. The Morgan fingerprint density at radius 1 is 1.23 bits per heavy atom. The summed E-state index contributed by atoms with van der Waals surface area (Å²) in [7, 11) is -1.08. The average Bonchev–Trinajstić information content (AvgIpc) is 2.45. The number of benzene rings is 1. The SMILES string of the molecule is Cc1cc(C)cc(OCC(=O)Nc2ccc(S(C)=O)cn2)c1. The first-order valence-electron chi connectivity index (χ1n) is 6.74. The van der Waals surface area contributed by atoms with Crippen LogP contribution in [0.2, 0.25) is 0 Å². The summed E-state index contributed by atoms with van der Waals surface area (Å²) in [5.41, 5.74) is 2.17. The Morgan fingerprint density at radius 3 is 2.45 bits per heavy atom. The number of hydrogen-bond donors (Lipinski definition) is 1.